The van der Waals surface area contributed by atoms with Crippen LogP contribution in [0.5, 0.6) is 5.75 Å². The fourth-order valence-electron chi connectivity index (χ4n) is 2.78. The van der Waals surface area contributed by atoms with Crippen LogP contribution < -0.4 is 20.3 Å². The molecule has 0 spiro atoms. The first-order chi connectivity index (χ1) is 12.8. The van der Waals surface area contributed by atoms with Gasteiger partial charge in [0.2, 0.25) is 0 Å². The number of aliphatic hydroxyl groups excluding tert-OH is 1. The van der Waals surface area contributed by atoms with Crippen molar-refractivity contribution in [2.75, 3.05) is 23.8 Å². The molecule has 7 nitrogen and oxygen atoms in total. The number of halogens is 1. The van der Waals surface area contributed by atoms with Crippen molar-refractivity contribution < 1.29 is 18.4 Å². The molecule has 1 fully saturated rings. The Morgan fingerprint density at radius 2 is 2.15 bits per heavy atom. The van der Waals surface area contributed by atoms with E-state index in [4.69, 9.17) is 4.74 Å². The van der Waals surface area contributed by atoms with Gasteiger partial charge in [-0.3, -0.25) is 14.1 Å². The lowest BCUT2D eigenvalue weighted by Crippen LogP contribution is -2.23. The minimum absolute atomic E-state index is 0.0113. The van der Waals surface area contributed by atoms with Gasteiger partial charge < -0.3 is 15.2 Å². The minimum Gasteiger partial charge on any atom is -0.494 e. The monoisotopic (exact) mass is 395 g/mol. The van der Waals surface area contributed by atoms with Gasteiger partial charge in [-0.1, -0.05) is 6.07 Å². The molecule has 1 aliphatic rings. The molecule has 0 bridgehead atoms. The van der Waals surface area contributed by atoms with Crippen LogP contribution >= 0.6 is 0 Å². The second kappa shape index (κ2) is 7.69. The highest BCUT2D eigenvalue weighted by Gasteiger charge is 2.42. The van der Waals surface area contributed by atoms with Gasteiger partial charge in [0.1, 0.15) is 28.3 Å². The first kappa shape index (κ1) is 19.4. The summed E-state index contributed by atoms with van der Waals surface area (Å²) >= 11 is 0. The third kappa shape index (κ3) is 3.98. The molecular weight excluding hydrogens is 373 g/mol. The molecule has 1 aromatic heterocycles. The number of nitrogens with zero attached hydrogens (tertiary/aromatic N) is 1. The number of nitrogens with one attached hydrogen (secondary N) is 2. The van der Waals surface area contributed by atoms with Gasteiger partial charge in [-0.2, -0.15) is 0 Å². The van der Waals surface area contributed by atoms with E-state index < -0.39 is 16.8 Å². The fraction of sp³-hybridized carbons (Fsp3) is 0.389. The van der Waals surface area contributed by atoms with Gasteiger partial charge in [-0.05, 0) is 37.0 Å². The van der Waals surface area contributed by atoms with Crippen LogP contribution in [0.1, 0.15) is 12.0 Å². The van der Waals surface area contributed by atoms with Crippen molar-refractivity contribution in [3.8, 4) is 5.75 Å². The van der Waals surface area contributed by atoms with Crippen LogP contribution in [0.3, 0.4) is 0 Å². The summed E-state index contributed by atoms with van der Waals surface area (Å²) < 4.78 is 36.3. The second-order valence-corrected chi connectivity index (χ2v) is 7.96. The van der Waals surface area contributed by atoms with Crippen LogP contribution in [0, 0.1) is 18.7 Å². The molecular formula is C18H22FN3O4S. The maximum absolute atomic E-state index is 14.3. The van der Waals surface area contributed by atoms with Crippen LogP contribution in [-0.4, -0.2) is 32.8 Å². The van der Waals surface area contributed by atoms with E-state index in [0.29, 0.717) is 12.1 Å². The first-order valence-corrected chi connectivity index (χ1v) is 9.66. The number of anilines is 3. The molecule has 9 heteroatoms. The Bertz CT molecular complexity index is 947. The van der Waals surface area contributed by atoms with Crippen molar-refractivity contribution in [1.29, 1.82) is 0 Å². The summed E-state index contributed by atoms with van der Waals surface area (Å²) in [5, 5.41) is 11.9. The smallest absolute Gasteiger partial charge is 0.255 e. The summed E-state index contributed by atoms with van der Waals surface area (Å²) in [5.74, 6) is -0.0537. The number of aromatic nitrogens is 1. The Kier molecular flexibility index (Phi) is 5.52. The SMILES string of the molecule is COc1cc(=O)n(C)c(Nc2ccc(C)cc2F)c1NS(=O)C1CC1CO. The molecule has 27 heavy (non-hydrogen) atoms. The van der Waals surface area contributed by atoms with Gasteiger partial charge in [-0.15, -0.1) is 0 Å². The average Bonchev–Trinajstić information content (AvgIpc) is 3.42. The lowest BCUT2D eigenvalue weighted by Gasteiger charge is -2.19. The van der Waals surface area contributed by atoms with E-state index in [1.165, 1.54) is 30.9 Å². The van der Waals surface area contributed by atoms with Crippen LogP contribution in [0.2, 0.25) is 0 Å². The molecule has 3 rings (SSSR count). The summed E-state index contributed by atoms with van der Waals surface area (Å²) in [6.45, 7) is 1.75. The van der Waals surface area contributed by atoms with Crippen LogP contribution in [0.4, 0.5) is 21.6 Å². The Balaban J connectivity index is 2.01. The van der Waals surface area contributed by atoms with Crippen LogP contribution in [0.15, 0.2) is 29.1 Å². The highest BCUT2D eigenvalue weighted by molar-refractivity contribution is 7.87. The molecule has 0 radical (unpaired) electrons. The molecule has 146 valence electrons. The second-order valence-electron chi connectivity index (χ2n) is 6.56. The summed E-state index contributed by atoms with van der Waals surface area (Å²) in [5.41, 5.74) is 0.873. The van der Waals surface area contributed by atoms with E-state index >= 15 is 0 Å². The fourth-order valence-corrected chi connectivity index (χ4v) is 4.19. The molecule has 1 heterocycles. The number of ether oxygens (including phenoxy) is 1. The van der Waals surface area contributed by atoms with E-state index in [9.17, 15) is 18.5 Å². The maximum atomic E-state index is 14.3. The van der Waals surface area contributed by atoms with E-state index in [2.05, 4.69) is 10.0 Å². The third-order valence-corrected chi connectivity index (χ3v) is 6.10. The van der Waals surface area contributed by atoms with E-state index in [1.807, 2.05) is 0 Å². The summed E-state index contributed by atoms with van der Waals surface area (Å²) in [6.07, 6.45) is 0.652. The number of methoxy groups -OCH3 is 1. The molecule has 1 aliphatic carbocycles. The predicted octanol–water partition coefficient (Wildman–Crippen LogP) is 2.04. The summed E-state index contributed by atoms with van der Waals surface area (Å²) in [6, 6.07) is 5.96. The first-order valence-electron chi connectivity index (χ1n) is 8.45. The van der Waals surface area contributed by atoms with Gasteiger partial charge in [0.15, 0.2) is 5.75 Å². The van der Waals surface area contributed by atoms with E-state index in [1.54, 1.807) is 19.1 Å². The number of hydrogen-bond acceptors (Lipinski definition) is 5. The topological polar surface area (TPSA) is 92.6 Å². The number of hydrogen-bond donors (Lipinski definition) is 3. The molecule has 0 aliphatic heterocycles. The highest BCUT2D eigenvalue weighted by atomic mass is 32.2. The van der Waals surface area contributed by atoms with E-state index in [-0.39, 0.29) is 40.6 Å². The molecule has 1 saturated carbocycles. The van der Waals surface area contributed by atoms with Gasteiger partial charge in [0.25, 0.3) is 5.56 Å². The van der Waals surface area contributed by atoms with Crippen LogP contribution in [-0.2, 0) is 18.0 Å². The maximum Gasteiger partial charge on any atom is 0.255 e. The zero-order chi connectivity index (χ0) is 19.7. The lowest BCUT2D eigenvalue weighted by molar-refractivity contribution is 0.277. The third-order valence-electron chi connectivity index (χ3n) is 4.57. The van der Waals surface area contributed by atoms with Crippen LogP contribution in [0.25, 0.3) is 0 Å². The van der Waals surface area contributed by atoms with E-state index in [0.717, 1.165) is 5.56 Å². The molecule has 3 atom stereocenters. The number of rotatable bonds is 7. The Hall–Kier alpha value is -2.39. The summed E-state index contributed by atoms with van der Waals surface area (Å²) in [7, 11) is 1.44. The van der Waals surface area contributed by atoms with Gasteiger partial charge in [-0.25, -0.2) is 8.60 Å². The standard InChI is InChI=1S/C18H22FN3O4S/c1-10-4-5-13(12(19)6-10)20-18-17(14(26-3)8-16(24)22(18)2)21-27(25)15-7-11(15)9-23/h4-6,8,11,15,20-21,23H,7,9H2,1-3H3. The molecule has 0 saturated heterocycles. The number of aryl methyl sites for hydroxylation is 1. The highest BCUT2D eigenvalue weighted by Crippen LogP contribution is 2.39. The van der Waals surface area contributed by atoms with Gasteiger partial charge in [0, 0.05) is 19.7 Å². The van der Waals surface area contributed by atoms with Crippen molar-refractivity contribution in [2.45, 2.75) is 18.6 Å². The minimum atomic E-state index is -1.48. The largest absolute Gasteiger partial charge is 0.494 e. The number of pyridine rings is 1. The molecule has 0 amide bonds. The van der Waals surface area contributed by atoms with Crippen molar-refractivity contribution >= 4 is 28.2 Å². The number of aliphatic hydroxyl groups is 1. The number of benzene rings is 1. The molecule has 2 aromatic rings. The average molecular weight is 395 g/mol. The van der Waals surface area contributed by atoms with Crippen molar-refractivity contribution in [2.24, 2.45) is 13.0 Å². The molecule has 1 aromatic carbocycles. The lowest BCUT2D eigenvalue weighted by atomic mass is 10.2. The van der Waals surface area contributed by atoms with Gasteiger partial charge in [0.05, 0.1) is 18.0 Å². The van der Waals surface area contributed by atoms with Crippen molar-refractivity contribution in [1.82, 2.24) is 4.57 Å². The summed E-state index contributed by atoms with van der Waals surface area (Å²) in [4.78, 5) is 12.2. The Labute approximate surface area is 158 Å². The quantitative estimate of drug-likeness (QED) is 0.667. The Morgan fingerprint density at radius 3 is 2.74 bits per heavy atom. The van der Waals surface area contributed by atoms with Crippen molar-refractivity contribution in [3.05, 3.63) is 46.0 Å². The predicted molar refractivity (Wildman–Crippen MR) is 103 cm³/mol. The Morgan fingerprint density at radius 1 is 1.41 bits per heavy atom. The molecule has 3 unspecified atom stereocenters. The van der Waals surface area contributed by atoms with Crippen molar-refractivity contribution in [3.63, 3.8) is 0 Å². The zero-order valence-electron chi connectivity index (χ0n) is 15.3. The zero-order valence-corrected chi connectivity index (χ0v) is 16.1. The normalized spacial score (nSPS) is 19.4. The van der Waals surface area contributed by atoms with Gasteiger partial charge >= 0.3 is 0 Å². The molecule has 3 N–H and O–H groups in total.